The summed E-state index contributed by atoms with van der Waals surface area (Å²) in [4.78, 5) is 18.8. The Morgan fingerprint density at radius 3 is 2.58 bits per heavy atom. The first-order valence-corrected chi connectivity index (χ1v) is 8.65. The number of aromatic nitrogens is 2. The number of ether oxygens (including phenoxy) is 1. The second kappa shape index (κ2) is 6.11. The third kappa shape index (κ3) is 3.40. The van der Waals surface area contributed by atoms with Crippen molar-refractivity contribution in [1.29, 1.82) is 0 Å². The molecule has 0 saturated carbocycles. The van der Waals surface area contributed by atoms with Crippen LogP contribution in [-0.2, 0) is 11.8 Å². The number of fused-ring (bicyclic) bond motifs is 1. The molecule has 1 aliphatic rings. The zero-order valence-electron chi connectivity index (χ0n) is 15.3. The van der Waals surface area contributed by atoms with Gasteiger partial charge in [0.1, 0.15) is 5.60 Å². The summed E-state index contributed by atoms with van der Waals surface area (Å²) in [5.41, 5.74) is 4.19. The van der Waals surface area contributed by atoms with E-state index in [1.165, 1.54) is 11.1 Å². The number of carbonyl (C=O) groups excluding carboxylic acids is 1. The van der Waals surface area contributed by atoms with Crippen molar-refractivity contribution in [2.45, 2.75) is 52.1 Å². The quantitative estimate of drug-likeness (QED) is 0.794. The number of piperidine rings is 1. The van der Waals surface area contributed by atoms with E-state index in [-0.39, 0.29) is 6.09 Å². The number of nitrogens with zero attached hydrogens (tertiary/aromatic N) is 3. The Morgan fingerprint density at radius 2 is 1.96 bits per heavy atom. The SMILES string of the molecule is Cc1nc2ccn(C)c2cc1C1CCN(C(=O)OC(C)(C)C)CC1. The third-order valence-corrected chi connectivity index (χ3v) is 4.68. The van der Waals surface area contributed by atoms with Crippen LogP contribution in [0.15, 0.2) is 18.3 Å². The molecule has 0 radical (unpaired) electrons. The van der Waals surface area contributed by atoms with Gasteiger partial charge in [-0.05, 0) is 64.2 Å². The van der Waals surface area contributed by atoms with Crippen molar-refractivity contribution in [3.05, 3.63) is 29.6 Å². The number of amides is 1. The summed E-state index contributed by atoms with van der Waals surface area (Å²) in [5, 5.41) is 0. The van der Waals surface area contributed by atoms with Crippen molar-refractivity contribution < 1.29 is 9.53 Å². The van der Waals surface area contributed by atoms with Crippen LogP contribution in [-0.4, -0.2) is 39.2 Å². The smallest absolute Gasteiger partial charge is 0.410 e. The van der Waals surface area contributed by atoms with Gasteiger partial charge in [0.2, 0.25) is 0 Å². The van der Waals surface area contributed by atoms with Crippen LogP contribution < -0.4 is 0 Å². The van der Waals surface area contributed by atoms with Crippen LogP contribution in [0.2, 0.25) is 0 Å². The number of likely N-dealkylation sites (tertiary alicyclic amines) is 1. The Labute approximate surface area is 143 Å². The molecular weight excluding hydrogens is 302 g/mol. The average Bonchev–Trinajstić information content (AvgIpc) is 2.85. The van der Waals surface area contributed by atoms with Crippen molar-refractivity contribution >= 4 is 17.1 Å². The van der Waals surface area contributed by atoms with Crippen LogP contribution in [0.25, 0.3) is 11.0 Å². The Balaban J connectivity index is 1.72. The number of hydrogen-bond acceptors (Lipinski definition) is 3. The molecule has 5 nitrogen and oxygen atoms in total. The molecule has 0 N–H and O–H groups in total. The lowest BCUT2D eigenvalue weighted by Crippen LogP contribution is -2.41. The Morgan fingerprint density at radius 1 is 1.29 bits per heavy atom. The third-order valence-electron chi connectivity index (χ3n) is 4.68. The Kier molecular flexibility index (Phi) is 4.28. The highest BCUT2D eigenvalue weighted by Crippen LogP contribution is 2.32. The van der Waals surface area contributed by atoms with E-state index in [0.29, 0.717) is 5.92 Å². The van der Waals surface area contributed by atoms with Crippen molar-refractivity contribution in [3.63, 3.8) is 0 Å². The van der Waals surface area contributed by atoms with Crippen molar-refractivity contribution in [3.8, 4) is 0 Å². The van der Waals surface area contributed by atoms with E-state index >= 15 is 0 Å². The Hall–Kier alpha value is -2.04. The van der Waals surface area contributed by atoms with Gasteiger partial charge in [-0.25, -0.2) is 4.79 Å². The summed E-state index contributed by atoms with van der Waals surface area (Å²) in [6.07, 6.45) is 3.76. The molecule has 0 bridgehead atoms. The molecule has 1 fully saturated rings. The maximum absolute atomic E-state index is 12.2. The number of aryl methyl sites for hydroxylation is 2. The summed E-state index contributed by atoms with van der Waals surface area (Å²) in [7, 11) is 2.05. The van der Waals surface area contributed by atoms with E-state index < -0.39 is 5.60 Å². The first-order valence-electron chi connectivity index (χ1n) is 8.65. The fraction of sp³-hybridized carbons (Fsp3) is 0.579. The van der Waals surface area contributed by atoms with Gasteiger partial charge in [0, 0.05) is 32.0 Å². The first-order chi connectivity index (χ1) is 11.2. The zero-order valence-corrected chi connectivity index (χ0v) is 15.3. The molecule has 1 saturated heterocycles. The van der Waals surface area contributed by atoms with Gasteiger partial charge in [0.15, 0.2) is 0 Å². The van der Waals surface area contributed by atoms with Crippen LogP contribution in [0, 0.1) is 6.92 Å². The van der Waals surface area contributed by atoms with E-state index in [4.69, 9.17) is 9.72 Å². The average molecular weight is 329 g/mol. The lowest BCUT2D eigenvalue weighted by atomic mass is 9.88. The van der Waals surface area contributed by atoms with Gasteiger partial charge in [0.05, 0.1) is 11.0 Å². The number of carbonyl (C=O) groups is 1. The topological polar surface area (TPSA) is 47.4 Å². The highest BCUT2D eigenvalue weighted by molar-refractivity contribution is 5.77. The molecule has 2 aromatic heterocycles. The second-order valence-electron chi connectivity index (χ2n) is 7.74. The minimum atomic E-state index is -0.438. The molecule has 2 aromatic rings. The first kappa shape index (κ1) is 16.8. The van der Waals surface area contributed by atoms with Gasteiger partial charge in [-0.15, -0.1) is 0 Å². The highest BCUT2D eigenvalue weighted by Gasteiger charge is 2.28. The van der Waals surface area contributed by atoms with E-state index in [0.717, 1.165) is 37.1 Å². The maximum Gasteiger partial charge on any atom is 0.410 e. The fourth-order valence-corrected chi connectivity index (χ4v) is 3.41. The molecule has 3 heterocycles. The van der Waals surface area contributed by atoms with Gasteiger partial charge in [-0.3, -0.25) is 4.98 Å². The second-order valence-corrected chi connectivity index (χ2v) is 7.74. The molecule has 5 heteroatoms. The zero-order chi connectivity index (χ0) is 17.5. The number of rotatable bonds is 1. The summed E-state index contributed by atoms with van der Waals surface area (Å²) in [5.74, 6) is 0.454. The minimum Gasteiger partial charge on any atom is -0.444 e. The van der Waals surface area contributed by atoms with E-state index in [9.17, 15) is 4.79 Å². The molecule has 0 unspecified atom stereocenters. The molecule has 130 valence electrons. The van der Waals surface area contributed by atoms with Gasteiger partial charge < -0.3 is 14.2 Å². The summed E-state index contributed by atoms with van der Waals surface area (Å²) in [6.45, 7) is 9.28. The van der Waals surface area contributed by atoms with E-state index in [1.807, 2.05) is 38.9 Å². The molecule has 0 aromatic carbocycles. The molecule has 0 spiro atoms. The summed E-state index contributed by atoms with van der Waals surface area (Å²) in [6, 6.07) is 4.32. The molecule has 1 amide bonds. The predicted molar refractivity (Wildman–Crippen MR) is 95.2 cm³/mol. The van der Waals surface area contributed by atoms with Gasteiger partial charge >= 0.3 is 6.09 Å². The largest absolute Gasteiger partial charge is 0.444 e. The van der Waals surface area contributed by atoms with Gasteiger partial charge in [0.25, 0.3) is 0 Å². The molecule has 1 aliphatic heterocycles. The molecule has 0 aliphatic carbocycles. The standard InChI is InChI=1S/C19H27N3O2/c1-13-15(12-17-16(20-13)8-9-21(17)5)14-6-10-22(11-7-14)18(23)24-19(2,3)4/h8-9,12,14H,6-7,10-11H2,1-5H3. The molecule has 3 rings (SSSR count). The summed E-state index contributed by atoms with van der Waals surface area (Å²) >= 11 is 0. The Bertz CT molecular complexity index is 750. The number of pyridine rings is 1. The highest BCUT2D eigenvalue weighted by atomic mass is 16.6. The minimum absolute atomic E-state index is 0.200. The summed E-state index contributed by atoms with van der Waals surface area (Å²) < 4.78 is 7.59. The van der Waals surface area contributed by atoms with Crippen molar-refractivity contribution in [1.82, 2.24) is 14.5 Å². The van der Waals surface area contributed by atoms with E-state index in [2.05, 4.69) is 23.6 Å². The van der Waals surface area contributed by atoms with Crippen LogP contribution in [0.4, 0.5) is 4.79 Å². The van der Waals surface area contributed by atoms with Crippen molar-refractivity contribution in [2.75, 3.05) is 13.1 Å². The van der Waals surface area contributed by atoms with Crippen molar-refractivity contribution in [2.24, 2.45) is 7.05 Å². The molecule has 0 atom stereocenters. The lowest BCUT2D eigenvalue weighted by Gasteiger charge is -2.34. The fourth-order valence-electron chi connectivity index (χ4n) is 3.41. The van der Waals surface area contributed by atoms with Gasteiger partial charge in [-0.1, -0.05) is 0 Å². The normalized spacial score (nSPS) is 16.6. The molecule has 24 heavy (non-hydrogen) atoms. The van der Waals surface area contributed by atoms with Crippen LogP contribution >= 0.6 is 0 Å². The van der Waals surface area contributed by atoms with Crippen LogP contribution in [0.3, 0.4) is 0 Å². The lowest BCUT2D eigenvalue weighted by molar-refractivity contribution is 0.0205. The van der Waals surface area contributed by atoms with Crippen LogP contribution in [0.5, 0.6) is 0 Å². The monoisotopic (exact) mass is 329 g/mol. The number of hydrogen-bond donors (Lipinski definition) is 0. The van der Waals surface area contributed by atoms with Crippen LogP contribution in [0.1, 0.15) is 50.8 Å². The van der Waals surface area contributed by atoms with Gasteiger partial charge in [-0.2, -0.15) is 0 Å². The van der Waals surface area contributed by atoms with E-state index in [1.54, 1.807) is 0 Å². The predicted octanol–water partition coefficient (Wildman–Crippen LogP) is 4.00. The maximum atomic E-state index is 12.2. The molecular formula is C19H27N3O2.